The number of carboxylic acids is 2. The van der Waals surface area contributed by atoms with Gasteiger partial charge in [-0.3, -0.25) is 33.7 Å². The summed E-state index contributed by atoms with van der Waals surface area (Å²) in [5.41, 5.74) is 5.58. The molecule has 0 spiro atoms. The normalized spacial score (nSPS) is 15.4. The third-order valence-electron chi connectivity index (χ3n) is 6.38. The summed E-state index contributed by atoms with van der Waals surface area (Å²) in [6.07, 6.45) is 0.975. The van der Waals surface area contributed by atoms with E-state index < -0.39 is 65.5 Å². The number of methoxy groups -OCH3 is 3. The number of benzene rings is 1. The summed E-state index contributed by atoms with van der Waals surface area (Å²) in [6, 6.07) is 0.0680. The Bertz CT molecular complexity index is 1250. The van der Waals surface area contributed by atoms with Crippen LogP contribution in [-0.2, 0) is 28.8 Å². The van der Waals surface area contributed by atoms with Gasteiger partial charge < -0.3 is 45.9 Å². The van der Waals surface area contributed by atoms with E-state index in [1.54, 1.807) is 6.08 Å². The number of hydrogen-bond acceptors (Lipinski definition) is 12. The molecule has 1 aliphatic rings. The molecule has 0 saturated carbocycles. The maximum absolute atomic E-state index is 13.7. The number of hydrogen-bond donors (Lipinski definition) is 6. The summed E-state index contributed by atoms with van der Waals surface area (Å²) >= 11 is 0.735. The standard InChI is InChI=1S/C27H36N4O12S/c1-41-17-10-14(11-18(42-2)23(17)43-3)22(36)24(26(38)31-9-5-4-6-20(31)33)44-13-16(25(37)29-12-21(34)35)30-19(32)8-7-15(28)27(39)40/h4,6,10-11,15-16,22,24,36H,5,7-9,12-13,28H2,1-3H3,(H,29,37)(H,30,32)(H,34,35)(H,39,40). The molecule has 44 heavy (non-hydrogen) atoms. The van der Waals surface area contributed by atoms with Crippen LogP contribution in [-0.4, -0.2) is 113 Å². The van der Waals surface area contributed by atoms with Crippen LogP contribution in [0.3, 0.4) is 0 Å². The van der Waals surface area contributed by atoms with Gasteiger partial charge in [0.2, 0.25) is 23.5 Å². The monoisotopic (exact) mass is 640 g/mol. The summed E-state index contributed by atoms with van der Waals surface area (Å²) in [5, 5.41) is 32.6. The zero-order chi connectivity index (χ0) is 33.0. The van der Waals surface area contributed by atoms with Crippen LogP contribution in [0.5, 0.6) is 17.2 Å². The van der Waals surface area contributed by atoms with Crippen molar-refractivity contribution in [2.75, 3.05) is 40.2 Å². The molecule has 0 bridgehead atoms. The van der Waals surface area contributed by atoms with Gasteiger partial charge >= 0.3 is 11.9 Å². The number of imide groups is 1. The topological polar surface area (TPSA) is 244 Å². The molecule has 1 aliphatic heterocycles. The second kappa shape index (κ2) is 17.1. The SMILES string of the molecule is COc1cc(C(O)C(SCC(NC(=O)CCC(N)C(=O)O)C(=O)NCC(=O)O)C(=O)N2CCC=CC2=O)cc(OC)c1OC. The fourth-order valence-corrected chi connectivity index (χ4v) is 5.29. The highest BCUT2D eigenvalue weighted by Crippen LogP contribution is 2.41. The number of carbonyl (C=O) groups is 6. The first-order chi connectivity index (χ1) is 20.8. The molecule has 1 aromatic rings. The Morgan fingerprint density at radius 2 is 1.70 bits per heavy atom. The number of aliphatic carboxylic acids is 2. The van der Waals surface area contributed by atoms with Crippen molar-refractivity contribution in [1.82, 2.24) is 15.5 Å². The number of amides is 4. The average molecular weight is 641 g/mol. The fourth-order valence-electron chi connectivity index (χ4n) is 4.05. The number of rotatable bonds is 17. The summed E-state index contributed by atoms with van der Waals surface area (Å²) in [6.45, 7) is -0.735. The van der Waals surface area contributed by atoms with Crippen molar-refractivity contribution in [2.45, 2.75) is 42.7 Å². The molecule has 1 heterocycles. The summed E-state index contributed by atoms with van der Waals surface area (Å²) < 4.78 is 16.0. The summed E-state index contributed by atoms with van der Waals surface area (Å²) in [4.78, 5) is 74.6. The minimum absolute atomic E-state index is 0.0380. The van der Waals surface area contributed by atoms with E-state index in [0.717, 1.165) is 16.7 Å². The van der Waals surface area contributed by atoms with Crippen LogP contribution in [0.4, 0.5) is 0 Å². The number of nitrogens with two attached hydrogens (primary N) is 1. The average Bonchev–Trinajstić information content (AvgIpc) is 3.00. The molecule has 0 aliphatic carbocycles. The van der Waals surface area contributed by atoms with Gasteiger partial charge in [0, 0.05) is 18.7 Å². The molecule has 4 amide bonds. The maximum Gasteiger partial charge on any atom is 0.322 e. The molecule has 4 atom stereocenters. The lowest BCUT2D eigenvalue weighted by atomic mass is 10.0. The number of carbonyl (C=O) groups excluding carboxylic acids is 4. The lowest BCUT2D eigenvalue weighted by Crippen LogP contribution is -2.50. The van der Waals surface area contributed by atoms with Crippen molar-refractivity contribution < 1.29 is 58.3 Å². The van der Waals surface area contributed by atoms with Crippen LogP contribution in [0.25, 0.3) is 0 Å². The van der Waals surface area contributed by atoms with Crippen LogP contribution in [0.15, 0.2) is 24.3 Å². The first-order valence-corrected chi connectivity index (χ1v) is 14.3. The van der Waals surface area contributed by atoms with E-state index in [1.165, 1.54) is 39.5 Å². The fraction of sp³-hybridized carbons (Fsp3) is 0.481. The van der Waals surface area contributed by atoms with Crippen LogP contribution >= 0.6 is 11.8 Å². The second-order valence-corrected chi connectivity index (χ2v) is 10.6. The first-order valence-electron chi connectivity index (χ1n) is 13.2. The molecule has 7 N–H and O–H groups in total. The maximum atomic E-state index is 13.7. The van der Waals surface area contributed by atoms with E-state index in [4.69, 9.17) is 30.2 Å². The molecule has 242 valence electrons. The van der Waals surface area contributed by atoms with Gasteiger partial charge in [0.1, 0.15) is 30.0 Å². The molecule has 17 heteroatoms. The third-order valence-corrected chi connectivity index (χ3v) is 7.72. The number of ether oxygens (including phenoxy) is 3. The zero-order valence-electron chi connectivity index (χ0n) is 24.3. The van der Waals surface area contributed by atoms with Crippen molar-refractivity contribution in [1.29, 1.82) is 0 Å². The molecule has 0 radical (unpaired) electrons. The Hall–Kier alpha value is -4.35. The Morgan fingerprint density at radius 3 is 2.23 bits per heavy atom. The van der Waals surface area contributed by atoms with Crippen molar-refractivity contribution in [3.05, 3.63) is 29.8 Å². The quantitative estimate of drug-likeness (QED) is 0.120. The highest BCUT2D eigenvalue weighted by Gasteiger charge is 2.37. The Kier molecular flexibility index (Phi) is 13.9. The van der Waals surface area contributed by atoms with Gasteiger partial charge in [0.25, 0.3) is 5.91 Å². The van der Waals surface area contributed by atoms with Gasteiger partial charge in [0.15, 0.2) is 11.5 Å². The highest BCUT2D eigenvalue weighted by atomic mass is 32.2. The summed E-state index contributed by atoms with van der Waals surface area (Å²) in [7, 11) is 4.10. The van der Waals surface area contributed by atoms with E-state index in [9.17, 15) is 33.9 Å². The Morgan fingerprint density at radius 1 is 1.07 bits per heavy atom. The van der Waals surface area contributed by atoms with Gasteiger partial charge in [-0.15, -0.1) is 11.8 Å². The Balaban J connectivity index is 2.42. The zero-order valence-corrected chi connectivity index (χ0v) is 25.1. The van der Waals surface area contributed by atoms with E-state index >= 15 is 0 Å². The molecular formula is C27H36N4O12S. The number of thioether (sulfide) groups is 1. The van der Waals surface area contributed by atoms with Crippen LogP contribution < -0.4 is 30.6 Å². The van der Waals surface area contributed by atoms with Crippen LogP contribution in [0, 0.1) is 0 Å². The smallest absolute Gasteiger partial charge is 0.322 e. The molecule has 16 nitrogen and oxygen atoms in total. The molecule has 0 saturated heterocycles. The van der Waals surface area contributed by atoms with E-state index in [2.05, 4.69) is 10.6 Å². The van der Waals surface area contributed by atoms with Crippen LogP contribution in [0.2, 0.25) is 0 Å². The van der Waals surface area contributed by atoms with Crippen molar-refractivity contribution in [3.8, 4) is 17.2 Å². The second-order valence-electron chi connectivity index (χ2n) is 9.39. The number of carboxylic acid groups (broad SMARTS) is 2. The van der Waals surface area contributed by atoms with Gasteiger partial charge in [0.05, 0.1) is 21.3 Å². The van der Waals surface area contributed by atoms with Gasteiger partial charge in [-0.25, -0.2) is 0 Å². The molecule has 2 rings (SSSR count). The van der Waals surface area contributed by atoms with Crippen molar-refractivity contribution in [2.24, 2.45) is 5.73 Å². The van der Waals surface area contributed by atoms with Crippen molar-refractivity contribution in [3.63, 3.8) is 0 Å². The number of nitrogens with zero attached hydrogens (tertiary/aromatic N) is 1. The lowest BCUT2D eigenvalue weighted by Gasteiger charge is -2.30. The third kappa shape index (κ3) is 9.85. The lowest BCUT2D eigenvalue weighted by molar-refractivity contribution is -0.143. The molecule has 4 unspecified atom stereocenters. The largest absolute Gasteiger partial charge is 0.493 e. The molecular weight excluding hydrogens is 604 g/mol. The summed E-state index contributed by atoms with van der Waals surface area (Å²) in [5.74, 6) is -5.55. The van der Waals surface area contributed by atoms with E-state index in [-0.39, 0.29) is 48.0 Å². The van der Waals surface area contributed by atoms with Gasteiger partial charge in [-0.05, 0) is 36.6 Å². The molecule has 0 aromatic heterocycles. The molecule has 1 aromatic carbocycles. The number of nitrogens with one attached hydrogen (secondary N) is 2. The number of aliphatic hydroxyl groups is 1. The first kappa shape index (κ1) is 35.8. The van der Waals surface area contributed by atoms with Gasteiger partial charge in [-0.1, -0.05) is 6.08 Å². The van der Waals surface area contributed by atoms with E-state index in [1.807, 2.05) is 0 Å². The minimum Gasteiger partial charge on any atom is -0.493 e. The predicted molar refractivity (Wildman–Crippen MR) is 155 cm³/mol. The predicted octanol–water partition coefficient (Wildman–Crippen LogP) is -0.960. The van der Waals surface area contributed by atoms with Crippen LogP contribution in [0.1, 0.15) is 30.9 Å². The van der Waals surface area contributed by atoms with E-state index in [0.29, 0.717) is 6.42 Å². The highest BCUT2D eigenvalue weighted by molar-refractivity contribution is 8.00. The Labute approximate surface area is 256 Å². The minimum atomic E-state index is -1.60. The van der Waals surface area contributed by atoms with Crippen molar-refractivity contribution >= 4 is 47.3 Å². The van der Waals surface area contributed by atoms with Gasteiger partial charge in [-0.2, -0.15) is 0 Å². The molecule has 0 fully saturated rings. The number of aliphatic hydroxyl groups excluding tert-OH is 1.